The molecule has 98 valence electrons. The van der Waals surface area contributed by atoms with E-state index in [1.54, 1.807) is 25.4 Å². The molecule has 0 aromatic carbocycles. The Balaban J connectivity index is 2.25. The standard InChI is InChI=1S/C9H9Br2N3O2S2/c1-5(9-12-2-3-13-9)14-18(15,16)6-4-7(10)17-8(6)11/h2-5,14H,1H3,(H,12,13). The maximum atomic E-state index is 12.2. The molecule has 2 aromatic rings. The summed E-state index contributed by atoms with van der Waals surface area (Å²) in [5.41, 5.74) is 0. The van der Waals surface area contributed by atoms with Gasteiger partial charge in [0.05, 0.1) is 13.6 Å². The van der Waals surface area contributed by atoms with Crippen LogP contribution in [-0.2, 0) is 10.0 Å². The fourth-order valence-electron chi connectivity index (χ4n) is 1.37. The highest BCUT2D eigenvalue weighted by molar-refractivity contribution is 9.12. The highest BCUT2D eigenvalue weighted by atomic mass is 79.9. The number of halogens is 2. The molecule has 1 atom stereocenters. The lowest BCUT2D eigenvalue weighted by Gasteiger charge is -2.11. The van der Waals surface area contributed by atoms with E-state index in [-0.39, 0.29) is 4.90 Å². The molecule has 1 unspecified atom stereocenters. The van der Waals surface area contributed by atoms with Gasteiger partial charge >= 0.3 is 0 Å². The van der Waals surface area contributed by atoms with E-state index in [0.717, 1.165) is 3.79 Å². The van der Waals surface area contributed by atoms with Crippen LogP contribution < -0.4 is 4.72 Å². The second-order valence-corrected chi connectivity index (χ2v) is 8.94. The second-order valence-electron chi connectivity index (χ2n) is 3.51. The van der Waals surface area contributed by atoms with Gasteiger partial charge < -0.3 is 4.98 Å². The van der Waals surface area contributed by atoms with E-state index in [1.807, 2.05) is 0 Å². The Morgan fingerprint density at radius 1 is 1.50 bits per heavy atom. The first kappa shape index (κ1) is 14.2. The summed E-state index contributed by atoms with van der Waals surface area (Å²) in [6.45, 7) is 1.73. The predicted octanol–water partition coefficient (Wildman–Crippen LogP) is 3.04. The summed E-state index contributed by atoms with van der Waals surface area (Å²) in [5.74, 6) is 0.573. The summed E-state index contributed by atoms with van der Waals surface area (Å²) in [4.78, 5) is 7.12. The summed E-state index contributed by atoms with van der Waals surface area (Å²) in [6.07, 6.45) is 3.23. The lowest BCUT2D eigenvalue weighted by atomic mass is 10.3. The van der Waals surface area contributed by atoms with Gasteiger partial charge in [-0.05, 0) is 44.8 Å². The van der Waals surface area contributed by atoms with Crippen LogP contribution in [0.25, 0.3) is 0 Å². The van der Waals surface area contributed by atoms with Crippen LogP contribution in [0.2, 0.25) is 0 Å². The summed E-state index contributed by atoms with van der Waals surface area (Å²) >= 11 is 7.81. The van der Waals surface area contributed by atoms with E-state index in [1.165, 1.54) is 11.3 Å². The maximum Gasteiger partial charge on any atom is 0.243 e. The van der Waals surface area contributed by atoms with Crippen LogP contribution in [0.5, 0.6) is 0 Å². The molecule has 0 fully saturated rings. The summed E-state index contributed by atoms with van der Waals surface area (Å²) in [5, 5.41) is 0. The number of rotatable bonds is 4. The third-order valence-corrected chi connectivity index (χ3v) is 6.47. The summed E-state index contributed by atoms with van der Waals surface area (Å²) in [7, 11) is -3.57. The minimum Gasteiger partial charge on any atom is -0.347 e. The SMILES string of the molecule is CC(NS(=O)(=O)c1cc(Br)sc1Br)c1ncc[nH]1. The van der Waals surface area contributed by atoms with E-state index in [0.29, 0.717) is 9.61 Å². The largest absolute Gasteiger partial charge is 0.347 e. The van der Waals surface area contributed by atoms with Crippen LogP contribution >= 0.6 is 43.2 Å². The van der Waals surface area contributed by atoms with Crippen molar-refractivity contribution in [1.29, 1.82) is 0 Å². The van der Waals surface area contributed by atoms with Crippen molar-refractivity contribution in [2.24, 2.45) is 0 Å². The van der Waals surface area contributed by atoms with Crippen LogP contribution in [0, 0.1) is 0 Å². The Bertz CT molecular complexity index is 637. The quantitative estimate of drug-likeness (QED) is 0.807. The zero-order valence-electron chi connectivity index (χ0n) is 9.15. The van der Waals surface area contributed by atoms with Crippen molar-refractivity contribution in [1.82, 2.24) is 14.7 Å². The third kappa shape index (κ3) is 3.02. The molecule has 0 aliphatic carbocycles. The molecular formula is C9H9Br2N3O2S2. The predicted molar refractivity (Wildman–Crippen MR) is 77.0 cm³/mol. The molecule has 18 heavy (non-hydrogen) atoms. The van der Waals surface area contributed by atoms with Gasteiger partial charge in [0.2, 0.25) is 10.0 Å². The highest BCUT2D eigenvalue weighted by Gasteiger charge is 2.23. The zero-order chi connectivity index (χ0) is 13.3. The number of nitrogens with one attached hydrogen (secondary N) is 2. The topological polar surface area (TPSA) is 74.8 Å². The molecule has 0 aliphatic heterocycles. The first-order chi connectivity index (χ1) is 8.40. The van der Waals surface area contributed by atoms with Gasteiger partial charge in [-0.15, -0.1) is 11.3 Å². The van der Waals surface area contributed by atoms with E-state index in [9.17, 15) is 8.42 Å². The molecule has 2 rings (SSSR count). The molecule has 2 N–H and O–H groups in total. The van der Waals surface area contributed by atoms with Gasteiger partial charge in [-0.2, -0.15) is 0 Å². The number of hydrogen-bond donors (Lipinski definition) is 2. The first-order valence-corrected chi connectivity index (χ1v) is 8.75. The first-order valence-electron chi connectivity index (χ1n) is 4.86. The average molecular weight is 415 g/mol. The molecule has 2 heterocycles. The lowest BCUT2D eigenvalue weighted by molar-refractivity contribution is 0.561. The molecule has 0 spiro atoms. The lowest BCUT2D eigenvalue weighted by Crippen LogP contribution is -2.27. The van der Waals surface area contributed by atoms with Gasteiger partial charge in [0.25, 0.3) is 0 Å². The normalized spacial score (nSPS) is 13.7. The van der Waals surface area contributed by atoms with Crippen molar-refractivity contribution < 1.29 is 8.42 Å². The van der Waals surface area contributed by atoms with Gasteiger partial charge in [-0.3, -0.25) is 0 Å². The Hall–Kier alpha value is -0.220. The van der Waals surface area contributed by atoms with Crippen LogP contribution in [-0.4, -0.2) is 18.4 Å². The average Bonchev–Trinajstić information content (AvgIpc) is 2.86. The van der Waals surface area contributed by atoms with Gasteiger partial charge in [0, 0.05) is 12.4 Å². The molecule has 0 bridgehead atoms. The molecule has 9 heteroatoms. The number of imidazole rings is 1. The van der Waals surface area contributed by atoms with E-state index < -0.39 is 16.1 Å². The van der Waals surface area contributed by atoms with E-state index >= 15 is 0 Å². The number of aromatic nitrogens is 2. The van der Waals surface area contributed by atoms with Gasteiger partial charge in [0.1, 0.15) is 10.7 Å². The second kappa shape index (κ2) is 5.41. The molecule has 0 saturated heterocycles. The zero-order valence-corrected chi connectivity index (χ0v) is 14.0. The number of H-pyrrole nitrogens is 1. The maximum absolute atomic E-state index is 12.2. The van der Waals surface area contributed by atoms with Crippen molar-refractivity contribution in [2.45, 2.75) is 17.9 Å². The molecule has 0 radical (unpaired) electrons. The van der Waals surface area contributed by atoms with E-state index in [2.05, 4.69) is 46.5 Å². The van der Waals surface area contributed by atoms with Crippen LogP contribution in [0.3, 0.4) is 0 Å². The summed E-state index contributed by atoms with van der Waals surface area (Å²) < 4.78 is 28.2. The Morgan fingerprint density at radius 2 is 2.22 bits per heavy atom. The fraction of sp³-hybridized carbons (Fsp3) is 0.222. The molecule has 5 nitrogen and oxygen atoms in total. The van der Waals surface area contributed by atoms with Crippen molar-refractivity contribution in [3.05, 3.63) is 31.9 Å². The number of aromatic amines is 1. The van der Waals surface area contributed by atoms with Crippen molar-refractivity contribution in [3.63, 3.8) is 0 Å². The van der Waals surface area contributed by atoms with Gasteiger partial charge in [-0.25, -0.2) is 18.1 Å². The van der Waals surface area contributed by atoms with Crippen molar-refractivity contribution in [3.8, 4) is 0 Å². The Morgan fingerprint density at radius 3 is 2.72 bits per heavy atom. The van der Waals surface area contributed by atoms with Crippen LogP contribution in [0.1, 0.15) is 18.8 Å². The van der Waals surface area contributed by atoms with Gasteiger partial charge in [-0.1, -0.05) is 0 Å². The minimum absolute atomic E-state index is 0.220. The molecule has 0 saturated carbocycles. The number of hydrogen-bond acceptors (Lipinski definition) is 4. The minimum atomic E-state index is -3.57. The van der Waals surface area contributed by atoms with Gasteiger partial charge in [0.15, 0.2) is 0 Å². The monoisotopic (exact) mass is 413 g/mol. The van der Waals surface area contributed by atoms with Crippen LogP contribution in [0.15, 0.2) is 30.9 Å². The number of thiophene rings is 1. The van der Waals surface area contributed by atoms with E-state index in [4.69, 9.17) is 0 Å². The Kier molecular flexibility index (Phi) is 4.27. The highest BCUT2D eigenvalue weighted by Crippen LogP contribution is 2.35. The molecule has 2 aromatic heterocycles. The third-order valence-electron chi connectivity index (χ3n) is 2.18. The number of nitrogens with zero attached hydrogens (tertiary/aromatic N) is 1. The molecule has 0 aliphatic rings. The number of sulfonamides is 1. The molecule has 0 amide bonds. The molecular weight excluding hydrogens is 406 g/mol. The summed E-state index contributed by atoms with van der Waals surface area (Å²) in [6, 6.07) is 1.14. The smallest absolute Gasteiger partial charge is 0.243 e. The fourth-order valence-corrected chi connectivity index (χ4v) is 6.39. The van der Waals surface area contributed by atoms with Crippen LogP contribution in [0.4, 0.5) is 0 Å². The Labute approximate surface area is 125 Å². The van der Waals surface area contributed by atoms with Crippen molar-refractivity contribution >= 4 is 53.2 Å². The van der Waals surface area contributed by atoms with Crippen molar-refractivity contribution in [2.75, 3.05) is 0 Å².